The molecule has 0 saturated carbocycles. The fourth-order valence-corrected chi connectivity index (χ4v) is 2.44. The third kappa shape index (κ3) is 6.57. The van der Waals surface area contributed by atoms with Crippen LogP contribution in [-0.4, -0.2) is 5.97 Å². The lowest BCUT2D eigenvalue weighted by molar-refractivity contribution is -0.134. The molecular weight excluding hydrogens is 272 g/mol. The maximum Gasteiger partial charge on any atom is 0.311 e. The maximum absolute atomic E-state index is 11.7. The number of rotatable bonds is 9. The van der Waals surface area contributed by atoms with E-state index in [4.69, 9.17) is 4.74 Å². The first kappa shape index (κ1) is 16.3. The first-order chi connectivity index (χ1) is 10.8. The van der Waals surface area contributed by atoms with Crippen LogP contribution in [0.25, 0.3) is 0 Å². The minimum Gasteiger partial charge on any atom is -0.427 e. The van der Waals surface area contributed by atoms with Crippen LogP contribution in [-0.2, 0) is 11.2 Å². The van der Waals surface area contributed by atoms with Crippen molar-refractivity contribution in [3.63, 3.8) is 0 Å². The molecule has 0 fully saturated rings. The highest BCUT2D eigenvalue weighted by Crippen LogP contribution is 2.12. The summed E-state index contributed by atoms with van der Waals surface area (Å²) in [5.41, 5.74) is 1.41. The van der Waals surface area contributed by atoms with E-state index in [2.05, 4.69) is 30.3 Å². The molecular formula is C20H24O2. The molecule has 0 aliphatic carbocycles. The number of carbonyl (C=O) groups is 1. The normalized spacial score (nSPS) is 10.4. The van der Waals surface area contributed by atoms with Crippen LogP contribution in [0.15, 0.2) is 60.7 Å². The minimum absolute atomic E-state index is 0.129. The number of para-hydroxylation sites is 1. The lowest BCUT2D eigenvalue weighted by Crippen LogP contribution is -2.07. The van der Waals surface area contributed by atoms with Crippen LogP contribution in [0.3, 0.4) is 0 Å². The van der Waals surface area contributed by atoms with Gasteiger partial charge in [-0.2, -0.15) is 0 Å². The van der Waals surface area contributed by atoms with Crippen LogP contribution in [0.2, 0.25) is 0 Å². The Morgan fingerprint density at radius 3 is 2.05 bits per heavy atom. The molecule has 0 aliphatic heterocycles. The topological polar surface area (TPSA) is 26.3 Å². The molecule has 0 aliphatic rings. The molecule has 2 aromatic carbocycles. The quantitative estimate of drug-likeness (QED) is 0.362. The van der Waals surface area contributed by atoms with Gasteiger partial charge in [0.1, 0.15) is 5.75 Å². The monoisotopic (exact) mass is 296 g/mol. The van der Waals surface area contributed by atoms with Crippen molar-refractivity contribution >= 4 is 5.97 Å². The van der Waals surface area contributed by atoms with Crippen molar-refractivity contribution in [2.45, 2.75) is 44.9 Å². The van der Waals surface area contributed by atoms with E-state index in [1.165, 1.54) is 24.8 Å². The zero-order valence-electron chi connectivity index (χ0n) is 13.0. The maximum atomic E-state index is 11.7. The number of ether oxygens (including phenoxy) is 1. The predicted molar refractivity (Wildman–Crippen MR) is 89.9 cm³/mol. The van der Waals surface area contributed by atoms with Crippen molar-refractivity contribution in [3.8, 4) is 5.75 Å². The fraction of sp³-hybridized carbons (Fsp3) is 0.350. The second-order valence-electron chi connectivity index (χ2n) is 5.54. The van der Waals surface area contributed by atoms with E-state index in [0.29, 0.717) is 12.2 Å². The van der Waals surface area contributed by atoms with Gasteiger partial charge in [-0.3, -0.25) is 4.79 Å². The molecule has 0 atom stereocenters. The molecule has 2 heteroatoms. The Morgan fingerprint density at radius 1 is 0.727 bits per heavy atom. The highest BCUT2D eigenvalue weighted by molar-refractivity contribution is 5.72. The smallest absolute Gasteiger partial charge is 0.311 e. The van der Waals surface area contributed by atoms with Gasteiger partial charge in [0.15, 0.2) is 0 Å². The summed E-state index contributed by atoms with van der Waals surface area (Å²) >= 11 is 0. The third-order valence-corrected chi connectivity index (χ3v) is 3.66. The zero-order valence-corrected chi connectivity index (χ0v) is 13.0. The Bertz CT molecular complexity index is 534. The lowest BCUT2D eigenvalue weighted by Gasteiger charge is -2.04. The van der Waals surface area contributed by atoms with Crippen molar-refractivity contribution in [2.24, 2.45) is 0 Å². The van der Waals surface area contributed by atoms with Crippen LogP contribution >= 0.6 is 0 Å². The van der Waals surface area contributed by atoms with E-state index in [-0.39, 0.29) is 5.97 Å². The number of esters is 1. The zero-order chi connectivity index (χ0) is 15.5. The number of carbonyl (C=O) groups excluding carboxylic acids is 1. The summed E-state index contributed by atoms with van der Waals surface area (Å²) in [6.07, 6.45) is 7.30. The molecule has 22 heavy (non-hydrogen) atoms. The molecule has 0 amide bonds. The first-order valence-electron chi connectivity index (χ1n) is 8.14. The Balaban J connectivity index is 1.48. The van der Waals surface area contributed by atoms with Crippen molar-refractivity contribution in [1.29, 1.82) is 0 Å². The van der Waals surface area contributed by atoms with Gasteiger partial charge in [-0.05, 0) is 37.0 Å². The molecule has 0 unspecified atom stereocenters. The third-order valence-electron chi connectivity index (χ3n) is 3.66. The average molecular weight is 296 g/mol. The van der Waals surface area contributed by atoms with Crippen molar-refractivity contribution < 1.29 is 9.53 Å². The van der Waals surface area contributed by atoms with Crippen LogP contribution in [0.4, 0.5) is 0 Å². The highest BCUT2D eigenvalue weighted by atomic mass is 16.5. The number of hydrogen-bond donors (Lipinski definition) is 0. The largest absolute Gasteiger partial charge is 0.427 e. The van der Waals surface area contributed by atoms with Gasteiger partial charge in [0, 0.05) is 6.42 Å². The summed E-state index contributed by atoms with van der Waals surface area (Å²) in [7, 11) is 0. The first-order valence-corrected chi connectivity index (χ1v) is 8.14. The molecule has 0 radical (unpaired) electrons. The standard InChI is InChI=1S/C20H24O2/c21-20(22-19-15-9-5-10-16-19)17-11-3-1-2-6-12-18-13-7-4-8-14-18/h4-5,7-10,13-16H,1-3,6,11-12,17H2. The highest BCUT2D eigenvalue weighted by Gasteiger charge is 2.03. The summed E-state index contributed by atoms with van der Waals surface area (Å²) < 4.78 is 5.26. The molecule has 0 heterocycles. The Labute approximate surface area is 133 Å². The molecule has 0 N–H and O–H groups in total. The van der Waals surface area contributed by atoms with Crippen molar-refractivity contribution in [2.75, 3.05) is 0 Å². The van der Waals surface area contributed by atoms with Crippen LogP contribution < -0.4 is 4.74 Å². The van der Waals surface area contributed by atoms with Crippen LogP contribution in [0.1, 0.15) is 44.1 Å². The Morgan fingerprint density at radius 2 is 1.32 bits per heavy atom. The van der Waals surface area contributed by atoms with Gasteiger partial charge in [0.2, 0.25) is 0 Å². The molecule has 2 aromatic rings. The van der Waals surface area contributed by atoms with Gasteiger partial charge in [0.25, 0.3) is 0 Å². The van der Waals surface area contributed by atoms with Gasteiger partial charge in [0.05, 0.1) is 0 Å². The van der Waals surface area contributed by atoms with E-state index in [9.17, 15) is 4.79 Å². The van der Waals surface area contributed by atoms with Gasteiger partial charge in [-0.15, -0.1) is 0 Å². The van der Waals surface area contributed by atoms with Gasteiger partial charge in [-0.25, -0.2) is 0 Å². The summed E-state index contributed by atoms with van der Waals surface area (Å²) in [4.78, 5) is 11.7. The predicted octanol–water partition coefficient (Wildman–Crippen LogP) is 5.18. The molecule has 2 nitrogen and oxygen atoms in total. The van der Waals surface area contributed by atoms with Crippen LogP contribution in [0.5, 0.6) is 5.75 Å². The molecule has 0 spiro atoms. The van der Waals surface area contributed by atoms with Crippen molar-refractivity contribution in [1.82, 2.24) is 0 Å². The van der Waals surface area contributed by atoms with E-state index >= 15 is 0 Å². The van der Waals surface area contributed by atoms with Gasteiger partial charge < -0.3 is 4.74 Å². The summed E-state index contributed by atoms with van der Waals surface area (Å²) in [5.74, 6) is 0.505. The fourth-order valence-electron chi connectivity index (χ4n) is 2.44. The summed E-state index contributed by atoms with van der Waals surface area (Å²) in [6.45, 7) is 0. The second-order valence-corrected chi connectivity index (χ2v) is 5.54. The average Bonchev–Trinajstić information content (AvgIpc) is 2.56. The number of benzene rings is 2. The van der Waals surface area contributed by atoms with E-state index < -0.39 is 0 Å². The second kappa shape index (κ2) is 9.78. The molecule has 116 valence electrons. The van der Waals surface area contributed by atoms with Crippen molar-refractivity contribution in [3.05, 3.63) is 66.2 Å². The minimum atomic E-state index is -0.129. The van der Waals surface area contributed by atoms with E-state index in [0.717, 1.165) is 19.3 Å². The lowest BCUT2D eigenvalue weighted by atomic mass is 10.1. The number of unbranched alkanes of at least 4 members (excludes halogenated alkanes) is 4. The van der Waals surface area contributed by atoms with E-state index in [1.54, 1.807) is 0 Å². The summed E-state index contributed by atoms with van der Waals surface area (Å²) in [5, 5.41) is 0. The van der Waals surface area contributed by atoms with Gasteiger partial charge >= 0.3 is 5.97 Å². The SMILES string of the molecule is O=C(CCCCCCCc1ccccc1)Oc1ccccc1. The summed E-state index contributed by atoms with van der Waals surface area (Å²) in [6, 6.07) is 19.9. The van der Waals surface area contributed by atoms with E-state index in [1.807, 2.05) is 30.3 Å². The molecule has 0 aromatic heterocycles. The molecule has 2 rings (SSSR count). The number of aryl methyl sites for hydroxylation is 1. The Kier molecular flexibility index (Phi) is 7.24. The molecule has 0 bridgehead atoms. The van der Waals surface area contributed by atoms with Crippen LogP contribution in [0, 0.1) is 0 Å². The number of hydrogen-bond acceptors (Lipinski definition) is 2. The van der Waals surface area contributed by atoms with Gasteiger partial charge in [-0.1, -0.05) is 67.8 Å². The Hall–Kier alpha value is -2.09. The molecule has 0 saturated heterocycles.